The zero-order valence-corrected chi connectivity index (χ0v) is 32.1. The van der Waals surface area contributed by atoms with Gasteiger partial charge in [-0.15, -0.1) is 0 Å². The van der Waals surface area contributed by atoms with E-state index < -0.39 is 11.5 Å². The predicted octanol–water partition coefficient (Wildman–Crippen LogP) is 2.64. The highest BCUT2D eigenvalue weighted by atomic mass is 16.3. The Morgan fingerprint density at radius 1 is 0.283 bits per heavy atom. The number of aromatic nitrogens is 2. The summed E-state index contributed by atoms with van der Waals surface area (Å²) in [5.74, 6) is -0.786. The Kier molecular flexibility index (Phi) is 8.84. The summed E-state index contributed by atoms with van der Waals surface area (Å²) in [6, 6.07) is 44.1. The Morgan fingerprint density at radius 3 is 1.07 bits per heavy atom. The summed E-state index contributed by atoms with van der Waals surface area (Å²) in [5.41, 5.74) is 9.22. The molecule has 0 aliphatic heterocycles. The zero-order valence-electron chi connectivity index (χ0n) is 32.1. The lowest BCUT2D eigenvalue weighted by Gasteiger charge is -2.18. The van der Waals surface area contributed by atoms with Crippen molar-refractivity contribution in [3.63, 3.8) is 0 Å². The average molecular weight is 747 g/mol. The molecule has 10 rings (SSSR count). The van der Waals surface area contributed by atoms with Crippen molar-refractivity contribution in [2.75, 3.05) is 0 Å². The molecule has 16 radical (unpaired) electrons. The Bertz CT molecular complexity index is 3400. The van der Waals surface area contributed by atoms with Crippen molar-refractivity contribution >= 4 is 150 Å². The fraction of sp³-hybridized carbons (Fsp3) is 0. The maximum absolute atomic E-state index is 11.4. The third kappa shape index (κ3) is 5.43. The zero-order chi connectivity index (χ0) is 41.7. The third-order valence-electron chi connectivity index (χ3n) is 11.7. The highest BCUT2D eigenvalue weighted by Crippen LogP contribution is 2.41. The number of hydrogen-bond donors (Lipinski definition) is 2. The van der Waals surface area contributed by atoms with Crippen molar-refractivity contribution < 1.29 is 10.2 Å². The van der Waals surface area contributed by atoms with Crippen molar-refractivity contribution in [3.05, 3.63) is 133 Å². The summed E-state index contributed by atoms with van der Waals surface area (Å²) in [4.78, 5) is 0. The summed E-state index contributed by atoms with van der Waals surface area (Å²) in [6.45, 7) is 0. The number of aromatic hydroxyl groups is 2. The summed E-state index contributed by atoms with van der Waals surface area (Å²) in [6.07, 6.45) is 0. The highest BCUT2D eigenvalue weighted by Gasteiger charge is 2.29. The summed E-state index contributed by atoms with van der Waals surface area (Å²) >= 11 is 0. The van der Waals surface area contributed by atoms with Crippen LogP contribution in [0.25, 0.3) is 88.4 Å². The minimum Gasteiger partial charge on any atom is -0.509 e. The largest absolute Gasteiger partial charge is 0.509 e. The number of rotatable bonds is 5. The Labute approximate surface area is 357 Å². The van der Waals surface area contributed by atoms with Crippen molar-refractivity contribution in [1.82, 2.24) is 9.13 Å². The Balaban J connectivity index is 1.33. The first-order valence-electron chi connectivity index (χ1n) is 19.1. The first kappa shape index (κ1) is 37.7. The molecule has 60 heavy (non-hydrogen) atoms. The second-order valence-electron chi connectivity index (χ2n) is 15.0. The van der Waals surface area contributed by atoms with Crippen LogP contribution in [0.2, 0.25) is 0 Å². The van der Waals surface area contributed by atoms with Crippen LogP contribution in [-0.2, 0) is 0 Å². The molecule has 0 atom stereocenters. The molecule has 0 bridgehead atoms. The SMILES string of the molecule is [B]c1c(O)c([B])c2c3c4c5c([B])c(O)c([B])c([B])c5n(-c5cccc(-c6ccc(-c7ccccc7)cc6)c5)c4c([B])c([B])c3n(-c3ccc(-c4ccccc4)cc3)c2c1[B]. The second-order valence-corrected chi connectivity index (χ2v) is 15.0. The van der Waals surface area contributed by atoms with Crippen LogP contribution in [0.15, 0.2) is 133 Å². The number of fused-ring (bicyclic) bond motifs is 7. The van der Waals surface area contributed by atoms with E-state index in [9.17, 15) is 10.2 Å². The fourth-order valence-corrected chi connectivity index (χ4v) is 8.73. The topological polar surface area (TPSA) is 50.3 Å². The van der Waals surface area contributed by atoms with Crippen LogP contribution in [0.1, 0.15) is 0 Å². The molecule has 0 fully saturated rings. The number of benzene rings is 8. The van der Waals surface area contributed by atoms with E-state index in [4.69, 9.17) is 62.8 Å². The van der Waals surface area contributed by atoms with Crippen LogP contribution in [0, 0.1) is 0 Å². The molecule has 8 aromatic carbocycles. The van der Waals surface area contributed by atoms with E-state index in [2.05, 4.69) is 36.4 Å². The lowest BCUT2D eigenvalue weighted by atomic mass is 9.72. The van der Waals surface area contributed by atoms with E-state index in [0.29, 0.717) is 55.0 Å². The second kappa shape index (κ2) is 14.1. The molecule has 2 heterocycles. The van der Waals surface area contributed by atoms with Gasteiger partial charge in [0.25, 0.3) is 0 Å². The molecule has 0 aliphatic carbocycles. The predicted molar refractivity (Wildman–Crippen MR) is 258 cm³/mol. The van der Waals surface area contributed by atoms with Gasteiger partial charge in [0, 0.05) is 55.0 Å². The summed E-state index contributed by atoms with van der Waals surface area (Å²) in [5, 5.41) is 24.4. The molecule has 4 nitrogen and oxygen atoms in total. The van der Waals surface area contributed by atoms with Crippen LogP contribution in [0.3, 0.4) is 0 Å². The smallest absolute Gasteiger partial charge is 0.119 e. The fourth-order valence-electron chi connectivity index (χ4n) is 8.73. The van der Waals surface area contributed by atoms with Crippen LogP contribution >= 0.6 is 0 Å². The van der Waals surface area contributed by atoms with Gasteiger partial charge in [0.15, 0.2) is 0 Å². The van der Waals surface area contributed by atoms with Crippen molar-refractivity contribution in [2.45, 2.75) is 0 Å². The third-order valence-corrected chi connectivity index (χ3v) is 11.7. The molecule has 10 aromatic rings. The molecular formula is C48H24B8N2O2. The molecule has 0 amide bonds. The molecule has 0 spiro atoms. The quantitative estimate of drug-likeness (QED) is 0.267. The van der Waals surface area contributed by atoms with Crippen molar-refractivity contribution in [3.8, 4) is 56.3 Å². The van der Waals surface area contributed by atoms with E-state index in [1.165, 1.54) is 0 Å². The van der Waals surface area contributed by atoms with Gasteiger partial charge < -0.3 is 19.3 Å². The van der Waals surface area contributed by atoms with Gasteiger partial charge in [-0.2, -0.15) is 0 Å². The Hall–Kier alpha value is -6.52. The minimum atomic E-state index is -0.394. The molecular weight excluding hydrogens is 723 g/mol. The molecule has 2 aromatic heterocycles. The van der Waals surface area contributed by atoms with E-state index in [1.807, 2.05) is 106 Å². The maximum atomic E-state index is 11.4. The van der Waals surface area contributed by atoms with Gasteiger partial charge in [0.1, 0.15) is 74.3 Å². The number of phenols is 2. The van der Waals surface area contributed by atoms with Gasteiger partial charge in [0.05, 0.1) is 0 Å². The van der Waals surface area contributed by atoms with E-state index >= 15 is 0 Å². The maximum Gasteiger partial charge on any atom is 0.119 e. The van der Waals surface area contributed by atoms with E-state index in [-0.39, 0.29) is 43.7 Å². The Morgan fingerprint density at radius 2 is 0.617 bits per heavy atom. The lowest BCUT2D eigenvalue weighted by molar-refractivity contribution is 0.484. The number of phenolic OH excluding ortho intramolecular Hbond substituents is 2. The first-order valence-corrected chi connectivity index (χ1v) is 19.1. The molecule has 0 saturated carbocycles. The van der Waals surface area contributed by atoms with Crippen LogP contribution in [0.4, 0.5) is 0 Å². The number of hydrogen-bond acceptors (Lipinski definition) is 2. The van der Waals surface area contributed by atoms with Gasteiger partial charge in [-0.1, -0.05) is 142 Å². The minimum absolute atomic E-state index is 0.0418. The normalized spacial score (nSPS) is 11.7. The molecule has 0 unspecified atom stereocenters. The van der Waals surface area contributed by atoms with Crippen molar-refractivity contribution in [1.29, 1.82) is 0 Å². The van der Waals surface area contributed by atoms with Gasteiger partial charge in [-0.25, -0.2) is 0 Å². The first-order chi connectivity index (χ1) is 29.0. The summed E-state index contributed by atoms with van der Waals surface area (Å²) in [7, 11) is 54.7. The average Bonchev–Trinajstić information content (AvgIpc) is 3.84. The van der Waals surface area contributed by atoms with E-state index in [1.54, 1.807) is 0 Å². The van der Waals surface area contributed by atoms with Gasteiger partial charge in [-0.05, 0) is 68.6 Å². The van der Waals surface area contributed by atoms with Crippen LogP contribution < -0.4 is 43.7 Å². The van der Waals surface area contributed by atoms with E-state index in [0.717, 1.165) is 33.4 Å². The van der Waals surface area contributed by atoms with Gasteiger partial charge in [0.2, 0.25) is 0 Å². The standard InChI is InChI=1S/C48H24B8N2O2/c49-35-33-31-32-34-36(50)48(60)42(56)40(54)46(34)58(30-13-7-12-28(22-30)27-16-14-25(15-17-27)23-8-3-1-4-9-23)44(32)38(52)37(51)43(31)57(45(33)39(53)41(55)47(35)59)29-20-18-26(19-21-29)24-10-5-2-6-11-24/h1-22,59-60H. The lowest BCUT2D eigenvalue weighted by Crippen LogP contribution is -2.33. The molecule has 12 heteroatoms. The molecule has 262 valence electrons. The molecule has 0 aliphatic rings. The number of nitrogens with zero attached hydrogens (tertiary/aromatic N) is 2. The van der Waals surface area contributed by atoms with Crippen LogP contribution in [0.5, 0.6) is 11.5 Å². The van der Waals surface area contributed by atoms with Gasteiger partial charge >= 0.3 is 0 Å². The van der Waals surface area contributed by atoms with Crippen molar-refractivity contribution in [2.24, 2.45) is 0 Å². The molecule has 0 saturated heterocycles. The van der Waals surface area contributed by atoms with Gasteiger partial charge in [-0.3, -0.25) is 0 Å². The monoisotopic (exact) mass is 748 g/mol. The van der Waals surface area contributed by atoms with Crippen LogP contribution in [-0.4, -0.2) is 82.1 Å². The summed E-state index contributed by atoms with van der Waals surface area (Å²) < 4.78 is 3.69. The molecule has 2 N–H and O–H groups in total. The highest BCUT2D eigenvalue weighted by molar-refractivity contribution is 6.65.